The van der Waals surface area contributed by atoms with Crippen molar-refractivity contribution in [2.45, 2.75) is 140 Å². The van der Waals surface area contributed by atoms with Crippen LogP contribution in [-0.4, -0.2) is 129 Å². The van der Waals surface area contributed by atoms with E-state index in [1.807, 2.05) is 6.92 Å². The Balaban J connectivity index is 1.36. The van der Waals surface area contributed by atoms with Crippen LogP contribution in [0, 0.1) is 17.6 Å². The third kappa shape index (κ3) is 8.23. The lowest BCUT2D eigenvalue weighted by Crippen LogP contribution is -2.63. The van der Waals surface area contributed by atoms with Gasteiger partial charge in [0.05, 0.1) is 6.10 Å². The molecule has 1 spiro atoms. The zero-order valence-electron chi connectivity index (χ0n) is 32.7. The lowest BCUT2D eigenvalue weighted by molar-refractivity contribution is -0.153. The fraction of sp³-hybridized carbons (Fsp3) is 0.667. The van der Waals surface area contributed by atoms with E-state index in [0.717, 1.165) is 12.1 Å². The summed E-state index contributed by atoms with van der Waals surface area (Å²) in [6, 6.07) is -3.27. The van der Waals surface area contributed by atoms with E-state index >= 15 is 0 Å². The van der Waals surface area contributed by atoms with E-state index in [1.54, 1.807) is 27.7 Å². The predicted molar refractivity (Wildman–Crippen MR) is 194 cm³/mol. The number of nitrogens with one attached hydrogen (secondary N) is 3. The maximum Gasteiger partial charge on any atom is 0.408 e. The number of ketones is 1. The quantitative estimate of drug-likeness (QED) is 0.401. The second kappa shape index (κ2) is 15.7. The standard InChI is InChI=1S/C39H52F2N6O9/c1-20-18-39-30(48)31(39)55-22(3)29(44-32(49)26(43-37(54)56-38(4,5)6)16-23-14-24(40)17-25(41)15-23)36(53)46-13-9-11-28(46)35(52)45-12-8-7-10-27(45)33(50)42-21(2)34(51)47(39)19-20/h14-15,17,20-22,26-29,31H,7-13,16,18-19H2,1-6H3,(H,42,50)(H,43,54)(H,44,49)/t20-,21-,22-,26-,27-,28-,29-,31+,39+/m0/s1. The van der Waals surface area contributed by atoms with Gasteiger partial charge in [0.25, 0.3) is 0 Å². The van der Waals surface area contributed by atoms with Crippen molar-refractivity contribution in [1.82, 2.24) is 30.7 Å². The summed E-state index contributed by atoms with van der Waals surface area (Å²) in [5.74, 6) is -5.36. The molecule has 1 aliphatic carbocycles. The molecule has 3 N–H and O–H groups in total. The van der Waals surface area contributed by atoms with Crippen molar-refractivity contribution in [3.8, 4) is 0 Å². The maximum atomic E-state index is 14.7. The molecule has 9 atom stereocenters. The van der Waals surface area contributed by atoms with Gasteiger partial charge in [0, 0.05) is 32.1 Å². The van der Waals surface area contributed by atoms with Gasteiger partial charge in [-0.2, -0.15) is 0 Å². The molecule has 4 heterocycles. The SMILES string of the molecule is C[C@@H]1CN2C(=O)[C@H](C)NC(=O)[C@@H]3CCCCN3C(=O)[C@@H]3CCCN3C(=O)[C@@H](NC(=O)[C@H](Cc3cc(F)cc(F)c3)NC(=O)OC(C)(C)C)[C@H](C)O[C@@H]3C(=O)[C@]32C1. The first-order chi connectivity index (χ1) is 26.3. The average Bonchev–Trinajstić information content (AvgIpc) is 3.45. The number of amides is 6. The molecule has 4 aliphatic heterocycles. The van der Waals surface area contributed by atoms with Crippen LogP contribution >= 0.6 is 0 Å². The highest BCUT2D eigenvalue weighted by Crippen LogP contribution is 2.51. The molecule has 0 bridgehead atoms. The van der Waals surface area contributed by atoms with Crippen LogP contribution in [0.5, 0.6) is 0 Å². The molecule has 0 aromatic heterocycles. The zero-order valence-corrected chi connectivity index (χ0v) is 32.7. The number of halogens is 2. The predicted octanol–water partition coefficient (Wildman–Crippen LogP) is 1.74. The summed E-state index contributed by atoms with van der Waals surface area (Å²) in [6.07, 6.45) is -1.12. The van der Waals surface area contributed by atoms with Gasteiger partial charge in [0.15, 0.2) is 5.78 Å². The second-order valence-corrected chi connectivity index (χ2v) is 16.9. The molecule has 0 unspecified atom stereocenters. The first-order valence-corrected chi connectivity index (χ1v) is 19.5. The van der Waals surface area contributed by atoms with Crippen LogP contribution in [0.3, 0.4) is 0 Å². The molecule has 0 radical (unpaired) electrons. The van der Waals surface area contributed by atoms with E-state index in [9.17, 15) is 42.3 Å². The Labute approximate surface area is 324 Å². The van der Waals surface area contributed by atoms with Crippen molar-refractivity contribution in [2.24, 2.45) is 5.92 Å². The van der Waals surface area contributed by atoms with Crippen molar-refractivity contribution in [1.29, 1.82) is 0 Å². The lowest BCUT2D eigenvalue weighted by Gasteiger charge is -2.39. The van der Waals surface area contributed by atoms with Gasteiger partial charge in [-0.1, -0.05) is 6.92 Å². The third-order valence-electron chi connectivity index (χ3n) is 11.3. The summed E-state index contributed by atoms with van der Waals surface area (Å²) in [5.41, 5.74) is -2.29. The van der Waals surface area contributed by atoms with Gasteiger partial charge in [0.1, 0.15) is 59.1 Å². The number of benzene rings is 1. The van der Waals surface area contributed by atoms with Gasteiger partial charge in [-0.15, -0.1) is 0 Å². The number of rotatable bonds is 5. The number of alkyl carbamates (subject to hydrolysis) is 1. The zero-order chi connectivity index (χ0) is 40.9. The van der Waals surface area contributed by atoms with Crippen molar-refractivity contribution in [3.63, 3.8) is 0 Å². The van der Waals surface area contributed by atoms with E-state index in [1.165, 1.54) is 21.6 Å². The molecule has 56 heavy (non-hydrogen) atoms. The molecule has 1 saturated carbocycles. The van der Waals surface area contributed by atoms with E-state index in [2.05, 4.69) is 16.0 Å². The van der Waals surface area contributed by atoms with Crippen LogP contribution < -0.4 is 16.0 Å². The molecule has 306 valence electrons. The summed E-state index contributed by atoms with van der Waals surface area (Å²) in [7, 11) is 0. The number of carbonyl (C=O) groups is 7. The average molecular weight is 787 g/mol. The number of ether oxygens (including phenoxy) is 2. The van der Waals surface area contributed by atoms with Crippen molar-refractivity contribution < 1.29 is 51.8 Å². The highest BCUT2D eigenvalue weighted by atomic mass is 19.1. The number of fused-ring (bicyclic) bond motifs is 2. The Bertz CT molecular complexity index is 1770. The minimum absolute atomic E-state index is 0.0255. The molecule has 4 saturated heterocycles. The fourth-order valence-electron chi connectivity index (χ4n) is 8.71. The smallest absolute Gasteiger partial charge is 0.408 e. The van der Waals surface area contributed by atoms with Gasteiger partial charge in [0.2, 0.25) is 29.5 Å². The Morgan fingerprint density at radius 3 is 2.25 bits per heavy atom. The lowest BCUT2D eigenvalue weighted by atomic mass is 9.99. The topological polar surface area (TPSA) is 184 Å². The summed E-state index contributed by atoms with van der Waals surface area (Å²) in [4.78, 5) is 102. The van der Waals surface area contributed by atoms with Crippen LogP contribution in [-0.2, 0) is 44.7 Å². The Morgan fingerprint density at radius 2 is 1.57 bits per heavy atom. The minimum atomic E-state index is -1.54. The third-order valence-corrected chi connectivity index (χ3v) is 11.3. The van der Waals surface area contributed by atoms with Crippen LogP contribution in [0.4, 0.5) is 13.6 Å². The van der Waals surface area contributed by atoms with Crippen LogP contribution in [0.15, 0.2) is 18.2 Å². The number of Topliss-reactive ketones (excluding diaryl/α,β-unsaturated/α-hetero) is 1. The molecule has 15 nitrogen and oxygen atoms in total. The van der Waals surface area contributed by atoms with Crippen LogP contribution in [0.25, 0.3) is 0 Å². The number of hydrogen-bond acceptors (Lipinski definition) is 9. The molecule has 5 aliphatic rings. The summed E-state index contributed by atoms with van der Waals surface area (Å²) >= 11 is 0. The highest BCUT2D eigenvalue weighted by Gasteiger charge is 2.74. The van der Waals surface area contributed by atoms with E-state index < -0.39 is 107 Å². The van der Waals surface area contributed by atoms with E-state index in [-0.39, 0.29) is 49.7 Å². The molecule has 5 fully saturated rings. The normalized spacial score (nSPS) is 31.8. The van der Waals surface area contributed by atoms with Crippen LogP contribution in [0.1, 0.15) is 85.6 Å². The first kappa shape index (κ1) is 41.0. The van der Waals surface area contributed by atoms with Gasteiger partial charge in [-0.25, -0.2) is 13.6 Å². The molecule has 1 aromatic carbocycles. The molecular weight excluding hydrogens is 734 g/mol. The number of carbonyl (C=O) groups excluding carboxylic acids is 7. The fourth-order valence-corrected chi connectivity index (χ4v) is 8.71. The van der Waals surface area contributed by atoms with Gasteiger partial charge >= 0.3 is 6.09 Å². The minimum Gasteiger partial charge on any atom is -0.444 e. The van der Waals surface area contributed by atoms with Crippen molar-refractivity contribution in [3.05, 3.63) is 35.4 Å². The first-order valence-electron chi connectivity index (χ1n) is 19.5. The monoisotopic (exact) mass is 786 g/mol. The summed E-state index contributed by atoms with van der Waals surface area (Å²) < 4.78 is 40.2. The maximum absolute atomic E-state index is 14.7. The van der Waals surface area contributed by atoms with E-state index in [0.29, 0.717) is 31.7 Å². The largest absolute Gasteiger partial charge is 0.444 e. The molecule has 6 amide bonds. The summed E-state index contributed by atoms with van der Waals surface area (Å²) in [5, 5.41) is 7.91. The Kier molecular flexibility index (Phi) is 11.5. The number of piperidine rings is 1. The van der Waals surface area contributed by atoms with E-state index in [4.69, 9.17) is 9.47 Å². The highest BCUT2D eigenvalue weighted by molar-refractivity contribution is 6.14. The number of hydrogen-bond donors (Lipinski definition) is 3. The Morgan fingerprint density at radius 1 is 0.929 bits per heavy atom. The Hall–Kier alpha value is -4.67. The van der Waals surface area contributed by atoms with Crippen LogP contribution in [0.2, 0.25) is 0 Å². The van der Waals surface area contributed by atoms with Gasteiger partial charge < -0.3 is 40.1 Å². The van der Waals surface area contributed by atoms with Gasteiger partial charge in [-0.3, -0.25) is 28.8 Å². The molecular formula is C39H52F2N6O9. The van der Waals surface area contributed by atoms with Gasteiger partial charge in [-0.05, 0) is 96.8 Å². The molecule has 1 aromatic rings. The second-order valence-electron chi connectivity index (χ2n) is 16.9. The summed E-state index contributed by atoms with van der Waals surface area (Å²) in [6.45, 7) is 10.4. The number of nitrogens with zero attached hydrogens (tertiary/aromatic N) is 3. The molecule has 17 heteroatoms. The van der Waals surface area contributed by atoms with Crippen molar-refractivity contribution in [2.75, 3.05) is 19.6 Å². The molecule has 6 rings (SSSR count). The van der Waals surface area contributed by atoms with Crippen molar-refractivity contribution >= 4 is 41.4 Å².